The number of benzene rings is 1. The van der Waals surface area contributed by atoms with E-state index < -0.39 is 0 Å². The van der Waals surface area contributed by atoms with Gasteiger partial charge in [0.15, 0.2) is 0 Å². The van der Waals surface area contributed by atoms with Crippen LogP contribution in [0.5, 0.6) is 0 Å². The van der Waals surface area contributed by atoms with E-state index in [-0.39, 0.29) is 0 Å². The van der Waals surface area contributed by atoms with E-state index in [1.807, 2.05) is 11.8 Å². The molecule has 0 heterocycles. The van der Waals surface area contributed by atoms with Gasteiger partial charge in [0.25, 0.3) is 0 Å². The average Bonchev–Trinajstić information content (AvgIpc) is 2.40. The number of hydrogen-bond acceptors (Lipinski definition) is 3. The van der Waals surface area contributed by atoms with Crippen molar-refractivity contribution in [1.29, 1.82) is 0 Å². The van der Waals surface area contributed by atoms with Crippen molar-refractivity contribution in [3.63, 3.8) is 0 Å². The van der Waals surface area contributed by atoms with Crippen LogP contribution >= 0.6 is 11.8 Å². The second kappa shape index (κ2) is 9.40. The van der Waals surface area contributed by atoms with Crippen LogP contribution in [-0.2, 0) is 0 Å². The van der Waals surface area contributed by atoms with Crippen molar-refractivity contribution in [2.45, 2.75) is 37.6 Å². The SMILES string of the molecule is CCCNC(CC)c1ccccc1SCCN(C)C. The largest absolute Gasteiger partial charge is 0.310 e. The summed E-state index contributed by atoms with van der Waals surface area (Å²) in [5.74, 6) is 1.15. The third kappa shape index (κ3) is 5.98. The second-order valence-corrected chi connectivity index (χ2v) is 6.24. The van der Waals surface area contributed by atoms with Crippen molar-refractivity contribution < 1.29 is 0 Å². The third-order valence-corrected chi connectivity index (χ3v) is 4.21. The van der Waals surface area contributed by atoms with Crippen LogP contribution < -0.4 is 5.32 Å². The monoisotopic (exact) mass is 280 g/mol. The van der Waals surface area contributed by atoms with E-state index in [9.17, 15) is 0 Å². The fraction of sp³-hybridized carbons (Fsp3) is 0.625. The number of nitrogens with zero attached hydrogens (tertiary/aromatic N) is 1. The summed E-state index contributed by atoms with van der Waals surface area (Å²) in [6, 6.07) is 9.32. The lowest BCUT2D eigenvalue weighted by molar-refractivity contribution is 0.437. The molecule has 1 unspecified atom stereocenters. The van der Waals surface area contributed by atoms with Gasteiger partial charge in [-0.05, 0) is 45.1 Å². The van der Waals surface area contributed by atoms with Crippen molar-refractivity contribution >= 4 is 11.8 Å². The van der Waals surface area contributed by atoms with Gasteiger partial charge < -0.3 is 10.2 Å². The summed E-state index contributed by atoms with van der Waals surface area (Å²) >= 11 is 1.97. The summed E-state index contributed by atoms with van der Waals surface area (Å²) in [4.78, 5) is 3.67. The molecule has 0 amide bonds. The topological polar surface area (TPSA) is 15.3 Å². The van der Waals surface area contributed by atoms with E-state index in [2.05, 4.69) is 62.4 Å². The van der Waals surface area contributed by atoms with E-state index in [4.69, 9.17) is 0 Å². The van der Waals surface area contributed by atoms with Gasteiger partial charge in [-0.2, -0.15) is 0 Å². The minimum absolute atomic E-state index is 0.489. The third-order valence-electron chi connectivity index (χ3n) is 3.14. The van der Waals surface area contributed by atoms with Crippen LogP contribution in [0.15, 0.2) is 29.2 Å². The first-order valence-electron chi connectivity index (χ1n) is 7.28. The fourth-order valence-electron chi connectivity index (χ4n) is 2.03. The molecule has 0 aliphatic heterocycles. The standard InChI is InChI=1S/C16H28N2S/c1-5-11-17-15(6-2)14-9-7-8-10-16(14)19-13-12-18(3)4/h7-10,15,17H,5-6,11-13H2,1-4H3. The van der Waals surface area contributed by atoms with Gasteiger partial charge in [0.1, 0.15) is 0 Å². The van der Waals surface area contributed by atoms with Gasteiger partial charge in [-0.15, -0.1) is 11.8 Å². The molecule has 2 nitrogen and oxygen atoms in total. The van der Waals surface area contributed by atoms with Gasteiger partial charge in [0, 0.05) is 23.2 Å². The molecule has 1 aromatic rings. The van der Waals surface area contributed by atoms with Crippen LogP contribution in [0.4, 0.5) is 0 Å². The summed E-state index contributed by atoms with van der Waals surface area (Å²) < 4.78 is 0. The maximum absolute atomic E-state index is 3.65. The van der Waals surface area contributed by atoms with Gasteiger partial charge in [0.05, 0.1) is 0 Å². The Morgan fingerprint density at radius 3 is 2.58 bits per heavy atom. The Kier molecular flexibility index (Phi) is 8.19. The van der Waals surface area contributed by atoms with Crippen molar-refractivity contribution in [2.24, 2.45) is 0 Å². The van der Waals surface area contributed by atoms with E-state index >= 15 is 0 Å². The molecule has 0 saturated heterocycles. The average molecular weight is 280 g/mol. The molecule has 3 heteroatoms. The van der Waals surface area contributed by atoms with Crippen molar-refractivity contribution in [3.8, 4) is 0 Å². The van der Waals surface area contributed by atoms with Crippen LogP contribution in [0.25, 0.3) is 0 Å². The maximum Gasteiger partial charge on any atom is 0.0328 e. The van der Waals surface area contributed by atoms with Crippen LogP contribution in [0, 0.1) is 0 Å². The van der Waals surface area contributed by atoms with E-state index in [0.29, 0.717) is 6.04 Å². The Hall–Kier alpha value is -0.510. The number of rotatable bonds is 9. The summed E-state index contributed by atoms with van der Waals surface area (Å²) in [6.45, 7) is 6.69. The maximum atomic E-state index is 3.65. The Balaban J connectivity index is 2.69. The van der Waals surface area contributed by atoms with E-state index in [1.54, 1.807) is 0 Å². The molecular weight excluding hydrogens is 252 g/mol. The Labute approximate surface area is 123 Å². The second-order valence-electron chi connectivity index (χ2n) is 5.10. The van der Waals surface area contributed by atoms with Gasteiger partial charge >= 0.3 is 0 Å². The van der Waals surface area contributed by atoms with Crippen LogP contribution in [0.2, 0.25) is 0 Å². The van der Waals surface area contributed by atoms with Gasteiger partial charge in [-0.3, -0.25) is 0 Å². The van der Waals surface area contributed by atoms with E-state index in [1.165, 1.54) is 16.9 Å². The molecule has 0 aliphatic carbocycles. The molecule has 1 atom stereocenters. The quantitative estimate of drug-likeness (QED) is 0.693. The molecule has 19 heavy (non-hydrogen) atoms. The lowest BCUT2D eigenvalue weighted by Crippen LogP contribution is -2.22. The summed E-state index contributed by atoms with van der Waals surface area (Å²) in [6.07, 6.45) is 2.33. The van der Waals surface area contributed by atoms with Crippen molar-refractivity contribution in [1.82, 2.24) is 10.2 Å². The number of thioether (sulfide) groups is 1. The molecule has 0 fully saturated rings. The lowest BCUT2D eigenvalue weighted by Gasteiger charge is -2.20. The Morgan fingerprint density at radius 2 is 1.95 bits per heavy atom. The molecule has 0 spiro atoms. The smallest absolute Gasteiger partial charge is 0.0328 e. The van der Waals surface area contributed by atoms with Crippen molar-refractivity contribution in [2.75, 3.05) is 32.9 Å². The van der Waals surface area contributed by atoms with E-state index in [0.717, 1.165) is 25.3 Å². The van der Waals surface area contributed by atoms with Crippen LogP contribution in [0.1, 0.15) is 38.3 Å². The van der Waals surface area contributed by atoms with Crippen molar-refractivity contribution in [3.05, 3.63) is 29.8 Å². The normalized spacial score (nSPS) is 12.9. The molecule has 108 valence electrons. The molecule has 1 N–H and O–H groups in total. The minimum Gasteiger partial charge on any atom is -0.310 e. The molecule has 1 rings (SSSR count). The fourth-order valence-corrected chi connectivity index (χ4v) is 3.26. The number of nitrogens with one attached hydrogen (secondary N) is 1. The highest BCUT2D eigenvalue weighted by Gasteiger charge is 2.12. The zero-order chi connectivity index (χ0) is 14.1. The highest BCUT2D eigenvalue weighted by atomic mass is 32.2. The minimum atomic E-state index is 0.489. The summed E-state index contributed by atoms with van der Waals surface area (Å²) in [5.41, 5.74) is 1.46. The molecule has 0 saturated carbocycles. The van der Waals surface area contributed by atoms with Crippen LogP contribution in [-0.4, -0.2) is 37.8 Å². The molecular formula is C16H28N2S. The van der Waals surface area contributed by atoms with Crippen LogP contribution in [0.3, 0.4) is 0 Å². The first kappa shape index (κ1) is 16.5. The Bertz CT molecular complexity index is 352. The predicted molar refractivity (Wildman–Crippen MR) is 87.0 cm³/mol. The first-order chi connectivity index (χ1) is 9.19. The van der Waals surface area contributed by atoms with Gasteiger partial charge in [0.2, 0.25) is 0 Å². The van der Waals surface area contributed by atoms with Gasteiger partial charge in [-0.1, -0.05) is 32.0 Å². The lowest BCUT2D eigenvalue weighted by atomic mass is 10.0. The highest BCUT2D eigenvalue weighted by molar-refractivity contribution is 7.99. The molecule has 0 radical (unpaired) electrons. The molecule has 0 bridgehead atoms. The highest BCUT2D eigenvalue weighted by Crippen LogP contribution is 2.29. The van der Waals surface area contributed by atoms with Gasteiger partial charge in [-0.25, -0.2) is 0 Å². The first-order valence-corrected chi connectivity index (χ1v) is 8.27. The molecule has 0 aromatic heterocycles. The number of hydrogen-bond donors (Lipinski definition) is 1. The summed E-state index contributed by atoms with van der Waals surface area (Å²) in [5, 5.41) is 3.65. The zero-order valence-corrected chi connectivity index (χ0v) is 13.6. The predicted octanol–water partition coefficient (Wildman–Crippen LogP) is 3.79. The summed E-state index contributed by atoms with van der Waals surface area (Å²) in [7, 11) is 4.26. The zero-order valence-electron chi connectivity index (χ0n) is 12.8. The molecule has 1 aromatic carbocycles. The Morgan fingerprint density at radius 1 is 1.21 bits per heavy atom. The molecule has 0 aliphatic rings.